The highest BCUT2D eigenvalue weighted by Crippen LogP contribution is 2.31. The van der Waals surface area contributed by atoms with Crippen molar-refractivity contribution in [3.63, 3.8) is 0 Å². The van der Waals surface area contributed by atoms with Crippen LogP contribution in [0, 0.1) is 12.8 Å². The quantitative estimate of drug-likeness (QED) is 0.558. The van der Waals surface area contributed by atoms with Crippen LogP contribution < -0.4 is 5.32 Å². The molecule has 6 nitrogen and oxygen atoms in total. The molecule has 0 aliphatic carbocycles. The normalized spacial score (nSPS) is 15.5. The zero-order chi connectivity index (χ0) is 21.6. The van der Waals surface area contributed by atoms with Crippen molar-refractivity contribution < 1.29 is 9.90 Å². The van der Waals surface area contributed by atoms with Gasteiger partial charge in [0.25, 0.3) is 0 Å². The number of nitrogens with zero attached hydrogens (tertiary/aromatic N) is 3. The van der Waals surface area contributed by atoms with E-state index in [4.69, 9.17) is 0 Å². The Morgan fingerprint density at radius 1 is 1.10 bits per heavy atom. The lowest BCUT2D eigenvalue weighted by Crippen LogP contribution is -2.42. The second-order valence-corrected chi connectivity index (χ2v) is 8.76. The molecular weight excluding hydrogens is 408 g/mol. The summed E-state index contributed by atoms with van der Waals surface area (Å²) in [7, 11) is 0. The second-order valence-electron chi connectivity index (χ2n) is 7.72. The van der Waals surface area contributed by atoms with E-state index >= 15 is 0 Å². The van der Waals surface area contributed by atoms with E-state index < -0.39 is 6.10 Å². The molecule has 2 amide bonds. The first-order valence-corrected chi connectivity index (χ1v) is 11.3. The van der Waals surface area contributed by atoms with Crippen molar-refractivity contribution in [2.24, 2.45) is 5.92 Å². The molecule has 31 heavy (non-hydrogen) atoms. The molecule has 160 valence electrons. The number of benzene rings is 2. The summed E-state index contributed by atoms with van der Waals surface area (Å²) in [4.78, 5) is 24.1. The zero-order valence-corrected chi connectivity index (χ0v) is 18.3. The molecule has 1 unspecified atom stereocenters. The first-order chi connectivity index (χ1) is 15.1. The van der Waals surface area contributed by atoms with Gasteiger partial charge in [0.2, 0.25) is 0 Å². The van der Waals surface area contributed by atoms with Gasteiger partial charge in [0.1, 0.15) is 0 Å². The van der Waals surface area contributed by atoms with Gasteiger partial charge in [-0.25, -0.2) is 14.8 Å². The van der Waals surface area contributed by atoms with E-state index in [1.807, 2.05) is 60.4 Å². The van der Waals surface area contributed by atoms with Gasteiger partial charge in [-0.3, -0.25) is 0 Å². The summed E-state index contributed by atoms with van der Waals surface area (Å²) in [6.45, 7) is 3.26. The Balaban J connectivity index is 1.32. The topological polar surface area (TPSA) is 78.4 Å². The average molecular weight is 435 g/mol. The molecule has 7 heteroatoms. The molecule has 1 atom stereocenters. The monoisotopic (exact) mass is 434 g/mol. The highest BCUT2D eigenvalue weighted by molar-refractivity contribution is 7.99. The average Bonchev–Trinajstić information content (AvgIpc) is 2.81. The van der Waals surface area contributed by atoms with E-state index in [2.05, 4.69) is 15.3 Å². The fourth-order valence-corrected chi connectivity index (χ4v) is 4.63. The van der Waals surface area contributed by atoms with Crippen molar-refractivity contribution in [3.05, 3.63) is 78.1 Å². The van der Waals surface area contributed by atoms with Crippen molar-refractivity contribution >= 4 is 23.5 Å². The third-order valence-electron chi connectivity index (χ3n) is 5.61. The summed E-state index contributed by atoms with van der Waals surface area (Å²) in [6.07, 6.45) is 4.54. The van der Waals surface area contributed by atoms with Gasteiger partial charge < -0.3 is 15.3 Å². The van der Waals surface area contributed by atoms with E-state index in [9.17, 15) is 9.90 Å². The summed E-state index contributed by atoms with van der Waals surface area (Å²) in [6, 6.07) is 17.4. The number of rotatable bonds is 5. The maximum absolute atomic E-state index is 12.8. The molecular formula is C24H26N4O2S. The van der Waals surface area contributed by atoms with Gasteiger partial charge in [0.15, 0.2) is 5.16 Å². The van der Waals surface area contributed by atoms with Gasteiger partial charge in [0, 0.05) is 36.1 Å². The number of carbonyl (C=O) groups is 1. The fraction of sp³-hybridized carbons (Fsp3) is 0.292. The molecule has 4 rings (SSSR count). The molecule has 2 aromatic carbocycles. The van der Waals surface area contributed by atoms with Gasteiger partial charge in [-0.15, -0.1) is 0 Å². The minimum absolute atomic E-state index is 0.0949. The maximum atomic E-state index is 12.8. The Morgan fingerprint density at radius 3 is 2.48 bits per heavy atom. The summed E-state index contributed by atoms with van der Waals surface area (Å²) in [5.74, 6) is 0.171. The van der Waals surface area contributed by atoms with Crippen molar-refractivity contribution in [1.82, 2.24) is 14.9 Å². The van der Waals surface area contributed by atoms with Gasteiger partial charge >= 0.3 is 6.03 Å². The Hall–Kier alpha value is -2.90. The van der Waals surface area contributed by atoms with Crippen LogP contribution >= 0.6 is 11.8 Å². The Morgan fingerprint density at radius 2 is 1.81 bits per heavy atom. The van der Waals surface area contributed by atoms with Crippen LogP contribution in [0.25, 0.3) is 0 Å². The Labute approximate surface area is 186 Å². The van der Waals surface area contributed by atoms with Crippen LogP contribution in [-0.2, 0) is 0 Å². The molecule has 0 spiro atoms. The van der Waals surface area contributed by atoms with Gasteiger partial charge in [-0.2, -0.15) is 0 Å². The number of hydrogen-bond acceptors (Lipinski definition) is 5. The van der Waals surface area contributed by atoms with Gasteiger partial charge in [-0.1, -0.05) is 30.3 Å². The molecule has 2 heterocycles. The zero-order valence-electron chi connectivity index (χ0n) is 17.4. The summed E-state index contributed by atoms with van der Waals surface area (Å²) < 4.78 is 0. The number of amides is 2. The predicted octanol–water partition coefficient (Wildman–Crippen LogP) is 4.91. The summed E-state index contributed by atoms with van der Waals surface area (Å²) in [5, 5.41) is 14.4. The molecule has 1 aromatic heterocycles. The lowest BCUT2D eigenvalue weighted by Gasteiger charge is -2.34. The van der Waals surface area contributed by atoms with Crippen LogP contribution in [0.3, 0.4) is 0 Å². The standard InChI is InChI=1S/C24H26N4O2S/c1-17-16-20(31-23-25-12-5-13-26-23)8-9-21(17)27-24(30)28-14-10-19(11-15-28)22(29)18-6-3-2-4-7-18/h2-9,12-13,16,19,22,29H,10-11,14-15H2,1H3,(H,27,30). The number of aliphatic hydroxyl groups is 1. The fourth-order valence-electron chi connectivity index (χ4n) is 3.82. The highest BCUT2D eigenvalue weighted by Gasteiger charge is 2.28. The number of urea groups is 1. The second kappa shape index (κ2) is 9.94. The van der Waals surface area contributed by atoms with Crippen LogP contribution in [0.15, 0.2) is 77.0 Å². The van der Waals surface area contributed by atoms with Crippen molar-refractivity contribution in [2.45, 2.75) is 35.9 Å². The molecule has 0 saturated carbocycles. The van der Waals surface area contributed by atoms with Gasteiger partial charge in [-0.05, 0) is 72.8 Å². The molecule has 1 saturated heterocycles. The SMILES string of the molecule is Cc1cc(Sc2ncccn2)ccc1NC(=O)N1CCC(C(O)c2ccccc2)CC1. The lowest BCUT2D eigenvalue weighted by atomic mass is 9.87. The maximum Gasteiger partial charge on any atom is 0.321 e. The van der Waals surface area contributed by atoms with Crippen LogP contribution in [0.5, 0.6) is 0 Å². The lowest BCUT2D eigenvalue weighted by molar-refractivity contribution is 0.0683. The minimum Gasteiger partial charge on any atom is -0.388 e. The number of aliphatic hydroxyl groups excluding tert-OH is 1. The summed E-state index contributed by atoms with van der Waals surface area (Å²) >= 11 is 1.49. The largest absolute Gasteiger partial charge is 0.388 e. The molecule has 1 aliphatic heterocycles. The van der Waals surface area contributed by atoms with Crippen LogP contribution in [0.4, 0.5) is 10.5 Å². The Bertz CT molecular complexity index is 1010. The highest BCUT2D eigenvalue weighted by atomic mass is 32.2. The number of anilines is 1. The summed E-state index contributed by atoms with van der Waals surface area (Å²) in [5.41, 5.74) is 2.73. The van der Waals surface area contributed by atoms with E-state index in [-0.39, 0.29) is 11.9 Å². The minimum atomic E-state index is -0.479. The van der Waals surface area contributed by atoms with Crippen LogP contribution in [0.2, 0.25) is 0 Å². The van der Waals surface area contributed by atoms with E-state index in [0.29, 0.717) is 18.2 Å². The third-order valence-corrected chi connectivity index (χ3v) is 6.49. The van der Waals surface area contributed by atoms with Crippen LogP contribution in [0.1, 0.15) is 30.1 Å². The van der Waals surface area contributed by atoms with Crippen molar-refractivity contribution in [3.8, 4) is 0 Å². The van der Waals surface area contributed by atoms with Crippen molar-refractivity contribution in [1.29, 1.82) is 0 Å². The smallest absolute Gasteiger partial charge is 0.321 e. The number of piperidine rings is 1. The molecule has 0 bridgehead atoms. The number of aryl methyl sites for hydroxylation is 1. The van der Waals surface area contributed by atoms with Gasteiger partial charge in [0.05, 0.1) is 6.10 Å². The first-order valence-electron chi connectivity index (χ1n) is 10.4. The van der Waals surface area contributed by atoms with Crippen LogP contribution in [-0.4, -0.2) is 39.1 Å². The Kier molecular flexibility index (Phi) is 6.84. The first kappa shape index (κ1) is 21.3. The van der Waals surface area contributed by atoms with E-state index in [0.717, 1.165) is 34.6 Å². The molecule has 3 aromatic rings. The number of nitrogens with one attached hydrogen (secondary N) is 1. The molecule has 1 aliphatic rings. The molecule has 2 N–H and O–H groups in total. The number of aromatic nitrogens is 2. The van der Waals surface area contributed by atoms with E-state index in [1.54, 1.807) is 18.5 Å². The number of carbonyl (C=O) groups excluding carboxylic acids is 1. The molecule has 1 fully saturated rings. The third kappa shape index (κ3) is 5.42. The number of hydrogen-bond donors (Lipinski definition) is 2. The molecule has 0 radical (unpaired) electrons. The predicted molar refractivity (Wildman–Crippen MR) is 122 cm³/mol. The van der Waals surface area contributed by atoms with E-state index in [1.165, 1.54) is 11.8 Å². The number of likely N-dealkylation sites (tertiary alicyclic amines) is 1. The van der Waals surface area contributed by atoms with Crippen molar-refractivity contribution in [2.75, 3.05) is 18.4 Å².